The lowest BCUT2D eigenvalue weighted by Gasteiger charge is -2.18. The summed E-state index contributed by atoms with van der Waals surface area (Å²) in [6.45, 7) is 1.47. The lowest BCUT2D eigenvalue weighted by Crippen LogP contribution is -2.38. The second kappa shape index (κ2) is 8.91. The van der Waals surface area contributed by atoms with Gasteiger partial charge >= 0.3 is 0 Å². The van der Waals surface area contributed by atoms with Gasteiger partial charge in [0.25, 0.3) is 0 Å². The minimum absolute atomic E-state index is 0.0341. The number of likely N-dealkylation sites (N-methyl/N-ethyl adjacent to an activating group) is 1. The molecule has 1 amide bonds. The summed E-state index contributed by atoms with van der Waals surface area (Å²) in [6.07, 6.45) is 0. The Bertz CT molecular complexity index is 1100. The van der Waals surface area contributed by atoms with Crippen LogP contribution in [-0.4, -0.2) is 47.8 Å². The first-order valence-corrected chi connectivity index (χ1v) is 11.4. The molecule has 158 valence electrons. The summed E-state index contributed by atoms with van der Waals surface area (Å²) in [4.78, 5) is 12.2. The van der Waals surface area contributed by atoms with Crippen LogP contribution in [0.15, 0.2) is 52.3 Å². The first-order chi connectivity index (χ1) is 13.4. The Morgan fingerprint density at radius 1 is 1.07 bits per heavy atom. The molecule has 0 aliphatic carbocycles. The fourth-order valence-electron chi connectivity index (χ4n) is 2.53. The number of hydrogen-bond acceptors (Lipinski definition) is 6. The van der Waals surface area contributed by atoms with E-state index in [1.165, 1.54) is 50.6 Å². The van der Waals surface area contributed by atoms with Crippen molar-refractivity contribution in [1.29, 1.82) is 0 Å². The molecule has 0 atom stereocenters. The van der Waals surface area contributed by atoms with Crippen LogP contribution in [0.2, 0.25) is 0 Å². The molecule has 2 aromatic carbocycles. The zero-order valence-electron chi connectivity index (χ0n) is 16.2. The molecule has 11 heteroatoms. The first kappa shape index (κ1) is 22.8. The fraction of sp³-hybridized carbons (Fsp3) is 0.278. The third-order valence-electron chi connectivity index (χ3n) is 4.18. The van der Waals surface area contributed by atoms with Crippen LogP contribution < -0.4 is 15.2 Å². The van der Waals surface area contributed by atoms with E-state index >= 15 is 0 Å². The van der Waals surface area contributed by atoms with Crippen molar-refractivity contribution in [2.75, 3.05) is 20.7 Å². The molecule has 0 fully saturated rings. The average Bonchev–Trinajstić information content (AvgIpc) is 2.65. The highest BCUT2D eigenvalue weighted by atomic mass is 32.2. The highest BCUT2D eigenvalue weighted by molar-refractivity contribution is 7.89. The van der Waals surface area contributed by atoms with E-state index in [0.717, 1.165) is 4.31 Å². The molecule has 9 nitrogen and oxygen atoms in total. The van der Waals surface area contributed by atoms with E-state index < -0.39 is 26.0 Å². The van der Waals surface area contributed by atoms with Gasteiger partial charge in [0.2, 0.25) is 26.0 Å². The zero-order valence-corrected chi connectivity index (χ0v) is 17.9. The van der Waals surface area contributed by atoms with Gasteiger partial charge in [-0.1, -0.05) is 12.1 Å². The van der Waals surface area contributed by atoms with Crippen molar-refractivity contribution in [3.63, 3.8) is 0 Å². The van der Waals surface area contributed by atoms with Crippen LogP contribution in [0.25, 0.3) is 0 Å². The molecule has 0 aromatic heterocycles. The monoisotopic (exact) mass is 441 g/mol. The van der Waals surface area contributed by atoms with Gasteiger partial charge in [-0.05, 0) is 48.4 Å². The Morgan fingerprint density at radius 3 is 2.17 bits per heavy atom. The van der Waals surface area contributed by atoms with Crippen molar-refractivity contribution in [2.45, 2.75) is 23.3 Å². The largest absolute Gasteiger partial charge is 0.496 e. The molecule has 3 N–H and O–H groups in total. The van der Waals surface area contributed by atoms with E-state index in [9.17, 15) is 21.6 Å². The summed E-state index contributed by atoms with van der Waals surface area (Å²) in [5.41, 5.74) is 1.30. The summed E-state index contributed by atoms with van der Waals surface area (Å²) >= 11 is 0. The normalized spacial score (nSPS) is 12.0. The van der Waals surface area contributed by atoms with Gasteiger partial charge in [0.1, 0.15) is 5.75 Å². The molecule has 0 saturated heterocycles. The number of carbonyl (C=O) groups excluding carboxylic acids is 1. The van der Waals surface area contributed by atoms with Crippen molar-refractivity contribution in [2.24, 2.45) is 5.14 Å². The Balaban J connectivity index is 2.00. The number of primary sulfonamides is 1. The number of amides is 1. The predicted molar refractivity (Wildman–Crippen MR) is 107 cm³/mol. The Morgan fingerprint density at radius 2 is 1.66 bits per heavy atom. The fourth-order valence-corrected chi connectivity index (χ4v) is 4.26. The average molecular weight is 442 g/mol. The van der Waals surface area contributed by atoms with Gasteiger partial charge in [0, 0.05) is 13.6 Å². The van der Waals surface area contributed by atoms with E-state index in [1.54, 1.807) is 13.0 Å². The second-order valence-electron chi connectivity index (χ2n) is 6.36. The van der Waals surface area contributed by atoms with Crippen molar-refractivity contribution in [3.05, 3.63) is 53.6 Å². The lowest BCUT2D eigenvalue weighted by molar-refractivity contribution is -0.121. The molecule has 0 aliphatic heterocycles. The Labute approximate surface area is 170 Å². The van der Waals surface area contributed by atoms with Gasteiger partial charge in [-0.15, -0.1) is 0 Å². The van der Waals surface area contributed by atoms with E-state index in [2.05, 4.69) is 5.32 Å². The van der Waals surface area contributed by atoms with Crippen LogP contribution in [0, 0.1) is 6.92 Å². The third-order valence-corrected chi connectivity index (χ3v) is 6.91. The molecular formula is C18H23N3O6S2. The summed E-state index contributed by atoms with van der Waals surface area (Å²) < 4.78 is 53.9. The van der Waals surface area contributed by atoms with Crippen molar-refractivity contribution in [3.8, 4) is 5.75 Å². The van der Waals surface area contributed by atoms with Crippen LogP contribution in [-0.2, 0) is 31.4 Å². The van der Waals surface area contributed by atoms with Gasteiger partial charge < -0.3 is 10.1 Å². The topological polar surface area (TPSA) is 136 Å². The quantitative estimate of drug-likeness (QED) is 0.615. The number of hydrogen-bond donors (Lipinski definition) is 2. The van der Waals surface area contributed by atoms with Gasteiger partial charge in [0.15, 0.2) is 0 Å². The summed E-state index contributed by atoms with van der Waals surface area (Å²) in [7, 11) is -4.83. The molecule has 0 saturated carbocycles. The van der Waals surface area contributed by atoms with Gasteiger partial charge in [-0.2, -0.15) is 4.31 Å². The second-order valence-corrected chi connectivity index (χ2v) is 9.96. The maximum Gasteiger partial charge on any atom is 0.243 e. The van der Waals surface area contributed by atoms with E-state index in [-0.39, 0.29) is 22.9 Å². The van der Waals surface area contributed by atoms with Crippen molar-refractivity contribution < 1.29 is 26.4 Å². The van der Waals surface area contributed by atoms with Crippen molar-refractivity contribution >= 4 is 26.0 Å². The van der Waals surface area contributed by atoms with E-state index in [0.29, 0.717) is 16.9 Å². The first-order valence-electron chi connectivity index (χ1n) is 8.44. The maximum atomic E-state index is 12.7. The number of benzene rings is 2. The van der Waals surface area contributed by atoms with Crippen LogP contribution >= 0.6 is 0 Å². The molecule has 0 spiro atoms. The standard InChI is InChI=1S/C18H23N3O6S2/c1-13-10-16(8-9-17(13)27-3)29(25,26)21(2)12-18(22)20-11-14-4-6-15(7-5-14)28(19,23)24/h4-10H,11-12H2,1-3H3,(H,20,22)(H2,19,23,24). The van der Waals surface area contributed by atoms with Gasteiger partial charge in [-0.25, -0.2) is 22.0 Å². The molecule has 0 bridgehead atoms. The van der Waals surface area contributed by atoms with Gasteiger partial charge in [0.05, 0.1) is 23.4 Å². The Kier molecular flexibility index (Phi) is 7.01. The van der Waals surface area contributed by atoms with Crippen molar-refractivity contribution in [1.82, 2.24) is 9.62 Å². The van der Waals surface area contributed by atoms with Crippen LogP contribution in [0.4, 0.5) is 0 Å². The molecule has 2 aromatic rings. The highest BCUT2D eigenvalue weighted by Gasteiger charge is 2.23. The number of ether oxygens (including phenoxy) is 1. The molecule has 29 heavy (non-hydrogen) atoms. The summed E-state index contributed by atoms with van der Waals surface area (Å²) in [6, 6.07) is 10.2. The maximum absolute atomic E-state index is 12.7. The molecular weight excluding hydrogens is 418 g/mol. The smallest absolute Gasteiger partial charge is 0.243 e. The van der Waals surface area contributed by atoms with Crippen LogP contribution in [0.5, 0.6) is 5.75 Å². The molecule has 0 heterocycles. The number of sulfonamides is 2. The number of aryl methyl sites for hydroxylation is 1. The number of nitrogens with zero attached hydrogens (tertiary/aromatic N) is 1. The molecule has 0 unspecified atom stereocenters. The number of methoxy groups -OCH3 is 1. The lowest BCUT2D eigenvalue weighted by atomic mass is 10.2. The predicted octanol–water partition coefficient (Wildman–Crippen LogP) is 0.588. The highest BCUT2D eigenvalue weighted by Crippen LogP contribution is 2.23. The van der Waals surface area contributed by atoms with E-state index in [1.807, 2.05) is 0 Å². The number of nitrogens with two attached hydrogens (primary N) is 1. The molecule has 0 radical (unpaired) electrons. The third kappa shape index (κ3) is 5.76. The SMILES string of the molecule is COc1ccc(S(=O)(=O)N(C)CC(=O)NCc2ccc(S(N)(=O)=O)cc2)cc1C. The summed E-state index contributed by atoms with van der Waals surface area (Å²) in [5, 5.41) is 7.63. The van der Waals surface area contributed by atoms with Gasteiger partial charge in [-0.3, -0.25) is 4.79 Å². The number of rotatable bonds is 8. The minimum Gasteiger partial charge on any atom is -0.496 e. The zero-order chi connectivity index (χ0) is 21.8. The van der Waals surface area contributed by atoms with Crippen LogP contribution in [0.3, 0.4) is 0 Å². The Hall–Kier alpha value is -2.47. The minimum atomic E-state index is -3.85. The summed E-state index contributed by atoms with van der Waals surface area (Å²) in [5.74, 6) is 0.0645. The number of nitrogens with one attached hydrogen (secondary N) is 1. The number of carbonyl (C=O) groups is 1. The van der Waals surface area contributed by atoms with Crippen LogP contribution in [0.1, 0.15) is 11.1 Å². The molecule has 0 aliphatic rings. The van der Waals surface area contributed by atoms with E-state index in [4.69, 9.17) is 9.88 Å². The molecule has 2 rings (SSSR count).